The molecule has 2 aromatic rings. The van der Waals surface area contributed by atoms with E-state index < -0.39 is 0 Å². The zero-order chi connectivity index (χ0) is 18.4. The van der Waals surface area contributed by atoms with Gasteiger partial charge in [0.25, 0.3) is 0 Å². The molecule has 138 valence electrons. The first-order valence-corrected chi connectivity index (χ1v) is 8.91. The predicted octanol–water partition coefficient (Wildman–Crippen LogP) is 1.87. The quantitative estimate of drug-likeness (QED) is 0.793. The van der Waals surface area contributed by atoms with Crippen LogP contribution in [0.15, 0.2) is 48.7 Å². The van der Waals surface area contributed by atoms with Gasteiger partial charge in [-0.1, -0.05) is 18.2 Å². The largest absolute Gasteiger partial charge is 0.497 e. The van der Waals surface area contributed by atoms with E-state index in [9.17, 15) is 4.79 Å². The number of nitrogens with zero attached hydrogens (tertiary/aromatic N) is 4. The van der Waals surface area contributed by atoms with Crippen molar-refractivity contribution in [1.82, 2.24) is 14.8 Å². The van der Waals surface area contributed by atoms with Gasteiger partial charge in [-0.3, -0.25) is 9.69 Å². The molecule has 0 N–H and O–H groups in total. The molecule has 1 amide bonds. The minimum absolute atomic E-state index is 0.145. The van der Waals surface area contributed by atoms with Crippen LogP contribution in [-0.4, -0.2) is 67.6 Å². The first-order valence-electron chi connectivity index (χ1n) is 8.91. The maximum atomic E-state index is 12.5. The van der Waals surface area contributed by atoms with Gasteiger partial charge in [0.15, 0.2) is 0 Å². The highest BCUT2D eigenvalue weighted by molar-refractivity contribution is 5.78. The fourth-order valence-electron chi connectivity index (χ4n) is 3.08. The van der Waals surface area contributed by atoms with Crippen molar-refractivity contribution in [3.05, 3.63) is 54.2 Å². The Morgan fingerprint density at radius 1 is 1.12 bits per heavy atom. The van der Waals surface area contributed by atoms with Gasteiger partial charge >= 0.3 is 0 Å². The van der Waals surface area contributed by atoms with Crippen LogP contribution in [0.25, 0.3) is 0 Å². The Morgan fingerprint density at radius 2 is 1.85 bits per heavy atom. The molecule has 1 aromatic carbocycles. The van der Waals surface area contributed by atoms with E-state index >= 15 is 0 Å². The van der Waals surface area contributed by atoms with Crippen LogP contribution in [0.4, 0.5) is 5.82 Å². The minimum Gasteiger partial charge on any atom is -0.497 e. The van der Waals surface area contributed by atoms with Crippen molar-refractivity contribution in [1.29, 1.82) is 0 Å². The molecule has 0 atom stereocenters. The van der Waals surface area contributed by atoms with Gasteiger partial charge in [-0.15, -0.1) is 0 Å². The van der Waals surface area contributed by atoms with Gasteiger partial charge in [-0.05, 0) is 29.8 Å². The zero-order valence-electron chi connectivity index (χ0n) is 15.5. The SMILES string of the molecule is COc1ccc(CN(C)C(=O)CN2CCN(c3ccccn3)CC2)cc1. The smallest absolute Gasteiger partial charge is 0.236 e. The molecule has 0 spiro atoms. The molecule has 6 heteroatoms. The summed E-state index contributed by atoms with van der Waals surface area (Å²) in [5.41, 5.74) is 1.10. The third kappa shape index (κ3) is 4.73. The summed E-state index contributed by atoms with van der Waals surface area (Å²) in [6.07, 6.45) is 1.82. The molecule has 1 aliphatic rings. The van der Waals surface area contributed by atoms with Crippen LogP contribution in [0.3, 0.4) is 0 Å². The number of amides is 1. The first kappa shape index (κ1) is 18.2. The van der Waals surface area contributed by atoms with Gasteiger partial charge in [0.1, 0.15) is 11.6 Å². The lowest BCUT2D eigenvalue weighted by Crippen LogP contribution is -2.49. The maximum Gasteiger partial charge on any atom is 0.236 e. The lowest BCUT2D eigenvalue weighted by Gasteiger charge is -2.35. The normalized spacial score (nSPS) is 14.9. The average molecular weight is 354 g/mol. The third-order valence-corrected chi connectivity index (χ3v) is 4.71. The topological polar surface area (TPSA) is 48.9 Å². The number of rotatable bonds is 6. The second-order valence-corrected chi connectivity index (χ2v) is 6.55. The number of pyridine rings is 1. The summed E-state index contributed by atoms with van der Waals surface area (Å²) >= 11 is 0. The fourth-order valence-corrected chi connectivity index (χ4v) is 3.08. The first-order chi connectivity index (χ1) is 12.7. The number of aromatic nitrogens is 1. The molecular formula is C20H26N4O2. The van der Waals surface area contributed by atoms with E-state index in [0.29, 0.717) is 13.1 Å². The number of benzene rings is 1. The number of likely N-dealkylation sites (N-methyl/N-ethyl adjacent to an activating group) is 1. The number of anilines is 1. The molecule has 0 saturated carbocycles. The summed E-state index contributed by atoms with van der Waals surface area (Å²) < 4.78 is 5.17. The molecule has 1 aliphatic heterocycles. The van der Waals surface area contributed by atoms with Crippen LogP contribution < -0.4 is 9.64 Å². The van der Waals surface area contributed by atoms with Gasteiger partial charge in [-0.25, -0.2) is 4.98 Å². The number of piperazine rings is 1. The minimum atomic E-state index is 0.145. The Balaban J connectivity index is 1.46. The standard InChI is InChI=1S/C20H26N4O2/c1-22(15-17-6-8-18(26-2)9-7-17)20(25)16-23-11-13-24(14-12-23)19-5-3-4-10-21-19/h3-10H,11-16H2,1-2H3. The number of methoxy groups -OCH3 is 1. The van der Waals surface area contributed by atoms with Crippen molar-refractivity contribution in [2.75, 3.05) is 51.8 Å². The molecule has 1 aromatic heterocycles. The van der Waals surface area contributed by atoms with Crippen molar-refractivity contribution in [2.24, 2.45) is 0 Å². The number of carbonyl (C=O) groups excluding carboxylic acids is 1. The average Bonchev–Trinajstić information content (AvgIpc) is 2.70. The van der Waals surface area contributed by atoms with E-state index in [0.717, 1.165) is 43.3 Å². The maximum absolute atomic E-state index is 12.5. The molecular weight excluding hydrogens is 328 g/mol. The monoisotopic (exact) mass is 354 g/mol. The van der Waals surface area contributed by atoms with Gasteiger partial charge in [-0.2, -0.15) is 0 Å². The summed E-state index contributed by atoms with van der Waals surface area (Å²) in [5, 5.41) is 0. The molecule has 0 aliphatic carbocycles. The van der Waals surface area contributed by atoms with Crippen molar-refractivity contribution in [3.8, 4) is 5.75 Å². The van der Waals surface area contributed by atoms with Crippen LogP contribution in [0.5, 0.6) is 5.75 Å². The van der Waals surface area contributed by atoms with Gasteiger partial charge in [0.2, 0.25) is 5.91 Å². The molecule has 1 saturated heterocycles. The molecule has 0 unspecified atom stereocenters. The Hall–Kier alpha value is -2.60. The van der Waals surface area contributed by atoms with E-state index in [1.807, 2.05) is 55.7 Å². The van der Waals surface area contributed by atoms with E-state index in [4.69, 9.17) is 4.74 Å². The van der Waals surface area contributed by atoms with Crippen LogP contribution in [0.1, 0.15) is 5.56 Å². The molecule has 0 radical (unpaired) electrons. The predicted molar refractivity (Wildman–Crippen MR) is 102 cm³/mol. The molecule has 6 nitrogen and oxygen atoms in total. The van der Waals surface area contributed by atoms with Crippen LogP contribution in [0, 0.1) is 0 Å². The molecule has 1 fully saturated rings. The second kappa shape index (κ2) is 8.67. The van der Waals surface area contributed by atoms with Crippen LogP contribution >= 0.6 is 0 Å². The van der Waals surface area contributed by atoms with Gasteiger partial charge in [0, 0.05) is 46.0 Å². The van der Waals surface area contributed by atoms with E-state index in [1.165, 1.54) is 0 Å². The van der Waals surface area contributed by atoms with E-state index in [-0.39, 0.29) is 5.91 Å². The third-order valence-electron chi connectivity index (χ3n) is 4.71. The number of hydrogen-bond donors (Lipinski definition) is 0. The van der Waals surface area contributed by atoms with Crippen molar-refractivity contribution in [3.63, 3.8) is 0 Å². The van der Waals surface area contributed by atoms with Gasteiger partial charge < -0.3 is 14.5 Å². The lowest BCUT2D eigenvalue weighted by atomic mass is 10.2. The Morgan fingerprint density at radius 3 is 2.46 bits per heavy atom. The number of ether oxygens (including phenoxy) is 1. The Labute approximate surface area is 155 Å². The fraction of sp³-hybridized carbons (Fsp3) is 0.400. The van der Waals surface area contributed by atoms with Crippen LogP contribution in [-0.2, 0) is 11.3 Å². The summed E-state index contributed by atoms with van der Waals surface area (Å²) in [6.45, 7) is 4.61. The highest BCUT2D eigenvalue weighted by Crippen LogP contribution is 2.14. The molecule has 26 heavy (non-hydrogen) atoms. The summed E-state index contributed by atoms with van der Waals surface area (Å²) in [5.74, 6) is 1.98. The van der Waals surface area contributed by atoms with Gasteiger partial charge in [0.05, 0.1) is 13.7 Å². The molecule has 0 bridgehead atoms. The number of hydrogen-bond acceptors (Lipinski definition) is 5. The highest BCUT2D eigenvalue weighted by Gasteiger charge is 2.21. The van der Waals surface area contributed by atoms with Crippen molar-refractivity contribution >= 4 is 11.7 Å². The second-order valence-electron chi connectivity index (χ2n) is 6.55. The molecule has 2 heterocycles. The van der Waals surface area contributed by atoms with Crippen molar-refractivity contribution in [2.45, 2.75) is 6.54 Å². The number of carbonyl (C=O) groups is 1. The Bertz CT molecular complexity index is 698. The summed E-state index contributed by atoms with van der Waals surface area (Å²) in [6, 6.07) is 13.8. The summed E-state index contributed by atoms with van der Waals surface area (Å²) in [7, 11) is 3.51. The van der Waals surface area contributed by atoms with E-state index in [1.54, 1.807) is 12.0 Å². The van der Waals surface area contributed by atoms with Crippen LogP contribution in [0.2, 0.25) is 0 Å². The zero-order valence-corrected chi connectivity index (χ0v) is 15.5. The molecule has 3 rings (SSSR count). The summed E-state index contributed by atoms with van der Waals surface area (Å²) in [4.78, 5) is 23.2. The highest BCUT2D eigenvalue weighted by atomic mass is 16.5. The lowest BCUT2D eigenvalue weighted by molar-refractivity contribution is -0.131. The van der Waals surface area contributed by atoms with Crippen molar-refractivity contribution < 1.29 is 9.53 Å². The Kier molecular flexibility index (Phi) is 6.07. The van der Waals surface area contributed by atoms with E-state index in [2.05, 4.69) is 14.8 Å².